The molecule has 1 saturated heterocycles. The smallest absolute Gasteiger partial charge is 0.243 e. The topological polar surface area (TPSA) is 66.5 Å². The molecule has 17 heavy (non-hydrogen) atoms. The Balaban J connectivity index is 2.93. The number of nitrogens with one attached hydrogen (secondary N) is 1. The predicted octanol–water partition coefficient (Wildman–Crippen LogP) is 0.0200. The van der Waals surface area contributed by atoms with E-state index in [1.807, 2.05) is 6.92 Å². The molecular weight excluding hydrogens is 240 g/mol. The van der Waals surface area contributed by atoms with Crippen LogP contribution in [-0.2, 0) is 14.6 Å². The van der Waals surface area contributed by atoms with Gasteiger partial charge in [0.1, 0.15) is 4.75 Å². The van der Waals surface area contributed by atoms with Crippen LogP contribution in [0.2, 0.25) is 0 Å². The molecule has 0 aliphatic carbocycles. The maximum Gasteiger partial charge on any atom is 0.243 e. The number of carbonyl (C=O) groups excluding carboxylic acids is 1. The van der Waals surface area contributed by atoms with E-state index in [1.165, 1.54) is 13.8 Å². The van der Waals surface area contributed by atoms with Gasteiger partial charge in [-0.1, -0.05) is 0 Å². The second kappa shape index (κ2) is 4.94. The van der Waals surface area contributed by atoms with Gasteiger partial charge in [-0.15, -0.1) is 0 Å². The molecule has 0 aromatic heterocycles. The van der Waals surface area contributed by atoms with Gasteiger partial charge in [-0.05, 0) is 33.7 Å². The Morgan fingerprint density at radius 3 is 2.41 bits per heavy atom. The summed E-state index contributed by atoms with van der Waals surface area (Å²) in [6.07, 6.45) is 2.01. The fourth-order valence-electron chi connectivity index (χ4n) is 1.98. The highest BCUT2D eigenvalue weighted by molar-refractivity contribution is 7.92. The van der Waals surface area contributed by atoms with E-state index < -0.39 is 14.6 Å². The number of sulfone groups is 1. The summed E-state index contributed by atoms with van der Waals surface area (Å²) in [5, 5.41) is 3.19. The molecule has 1 N–H and O–H groups in total. The fourth-order valence-corrected chi connectivity index (χ4v) is 2.41. The summed E-state index contributed by atoms with van der Waals surface area (Å²) in [4.78, 5) is 14.0. The standard InChI is InChI=1S/C11H22N2O3S/c1-5-13(9-6-7-12-8-9)10(14)11(2,3)17(4,15)16/h9,12H,5-8H2,1-4H3. The number of hydrogen-bond acceptors (Lipinski definition) is 4. The molecule has 1 aliphatic heterocycles. The van der Waals surface area contributed by atoms with E-state index >= 15 is 0 Å². The number of carbonyl (C=O) groups is 1. The molecule has 0 saturated carbocycles. The molecule has 1 fully saturated rings. The first-order valence-corrected chi connectivity index (χ1v) is 7.82. The first-order chi connectivity index (χ1) is 7.71. The molecule has 0 spiro atoms. The minimum Gasteiger partial charge on any atom is -0.337 e. The summed E-state index contributed by atoms with van der Waals surface area (Å²) in [6, 6.07) is 0.119. The van der Waals surface area contributed by atoms with E-state index in [9.17, 15) is 13.2 Å². The summed E-state index contributed by atoms with van der Waals surface area (Å²) in [6.45, 7) is 7.03. The zero-order valence-electron chi connectivity index (χ0n) is 11.0. The van der Waals surface area contributed by atoms with Gasteiger partial charge < -0.3 is 10.2 Å². The molecule has 1 aliphatic rings. The van der Waals surface area contributed by atoms with E-state index in [0.717, 1.165) is 25.8 Å². The number of hydrogen-bond donors (Lipinski definition) is 1. The Kier molecular flexibility index (Phi) is 4.19. The first-order valence-electron chi connectivity index (χ1n) is 5.93. The highest BCUT2D eigenvalue weighted by Gasteiger charge is 2.43. The molecular formula is C11H22N2O3S. The molecule has 0 aromatic carbocycles. The van der Waals surface area contributed by atoms with Gasteiger partial charge in [0.15, 0.2) is 9.84 Å². The Morgan fingerprint density at radius 2 is 2.06 bits per heavy atom. The summed E-state index contributed by atoms with van der Waals surface area (Å²) < 4.78 is 22.0. The van der Waals surface area contributed by atoms with Crippen molar-refractivity contribution < 1.29 is 13.2 Å². The lowest BCUT2D eigenvalue weighted by atomic mass is 10.1. The molecule has 1 atom stereocenters. The molecule has 1 rings (SSSR count). The Labute approximate surface area is 103 Å². The van der Waals surface area contributed by atoms with Crippen molar-refractivity contribution in [1.29, 1.82) is 0 Å². The zero-order chi connectivity index (χ0) is 13.3. The van der Waals surface area contributed by atoms with Crippen LogP contribution in [0.25, 0.3) is 0 Å². The van der Waals surface area contributed by atoms with Crippen LogP contribution < -0.4 is 5.32 Å². The number of rotatable bonds is 4. The number of nitrogens with zero attached hydrogens (tertiary/aromatic N) is 1. The fraction of sp³-hybridized carbons (Fsp3) is 0.909. The summed E-state index contributed by atoms with van der Waals surface area (Å²) in [5.74, 6) is -0.295. The van der Waals surface area contributed by atoms with Crippen LogP contribution in [0.1, 0.15) is 27.2 Å². The third-order valence-electron chi connectivity index (χ3n) is 3.52. The quantitative estimate of drug-likeness (QED) is 0.775. The molecule has 6 heteroatoms. The van der Waals surface area contributed by atoms with Crippen LogP contribution in [0.3, 0.4) is 0 Å². The lowest BCUT2D eigenvalue weighted by molar-refractivity contribution is -0.134. The van der Waals surface area contributed by atoms with Gasteiger partial charge in [0.05, 0.1) is 0 Å². The third-order valence-corrected chi connectivity index (χ3v) is 5.55. The van der Waals surface area contributed by atoms with Crippen molar-refractivity contribution in [3.8, 4) is 0 Å². The van der Waals surface area contributed by atoms with E-state index in [2.05, 4.69) is 5.32 Å². The van der Waals surface area contributed by atoms with Crippen molar-refractivity contribution in [2.45, 2.75) is 38.0 Å². The van der Waals surface area contributed by atoms with Crippen molar-refractivity contribution in [3.05, 3.63) is 0 Å². The Hall–Kier alpha value is -0.620. The van der Waals surface area contributed by atoms with Crippen LogP contribution in [0, 0.1) is 0 Å². The van der Waals surface area contributed by atoms with Crippen molar-refractivity contribution >= 4 is 15.7 Å². The predicted molar refractivity (Wildman–Crippen MR) is 67.6 cm³/mol. The van der Waals surface area contributed by atoms with Crippen LogP contribution >= 0.6 is 0 Å². The average molecular weight is 262 g/mol. The largest absolute Gasteiger partial charge is 0.337 e. The summed E-state index contributed by atoms with van der Waals surface area (Å²) >= 11 is 0. The molecule has 5 nitrogen and oxygen atoms in total. The van der Waals surface area contributed by atoms with Crippen molar-refractivity contribution in [2.75, 3.05) is 25.9 Å². The second-order valence-electron chi connectivity index (χ2n) is 5.02. The van der Waals surface area contributed by atoms with Gasteiger partial charge in [0.25, 0.3) is 0 Å². The van der Waals surface area contributed by atoms with Gasteiger partial charge in [0.2, 0.25) is 5.91 Å². The highest BCUT2D eigenvalue weighted by Crippen LogP contribution is 2.21. The molecule has 1 amide bonds. The van der Waals surface area contributed by atoms with Gasteiger partial charge in [-0.2, -0.15) is 0 Å². The normalized spacial score (nSPS) is 21.5. The Morgan fingerprint density at radius 1 is 1.47 bits per heavy atom. The average Bonchev–Trinajstić information content (AvgIpc) is 2.70. The second-order valence-corrected chi connectivity index (χ2v) is 7.59. The van der Waals surface area contributed by atoms with Crippen molar-refractivity contribution in [2.24, 2.45) is 0 Å². The minimum atomic E-state index is -3.40. The number of amides is 1. The zero-order valence-corrected chi connectivity index (χ0v) is 11.8. The lowest BCUT2D eigenvalue weighted by Gasteiger charge is -2.33. The number of likely N-dealkylation sites (N-methyl/N-ethyl adjacent to an activating group) is 1. The molecule has 1 unspecified atom stereocenters. The molecule has 100 valence electrons. The van der Waals surface area contributed by atoms with Gasteiger partial charge >= 0.3 is 0 Å². The maximum absolute atomic E-state index is 12.3. The van der Waals surface area contributed by atoms with Crippen LogP contribution in [0.15, 0.2) is 0 Å². The van der Waals surface area contributed by atoms with E-state index in [-0.39, 0.29) is 11.9 Å². The van der Waals surface area contributed by atoms with Gasteiger partial charge in [0, 0.05) is 25.4 Å². The van der Waals surface area contributed by atoms with Crippen molar-refractivity contribution in [1.82, 2.24) is 10.2 Å². The molecule has 0 radical (unpaired) electrons. The monoisotopic (exact) mass is 262 g/mol. The molecule has 1 heterocycles. The van der Waals surface area contributed by atoms with E-state index in [1.54, 1.807) is 4.90 Å². The SMILES string of the molecule is CCN(C(=O)C(C)(C)S(C)(=O)=O)C1CCNC1. The van der Waals surface area contributed by atoms with E-state index in [0.29, 0.717) is 6.54 Å². The summed E-state index contributed by atoms with van der Waals surface area (Å²) in [5.41, 5.74) is 0. The maximum atomic E-state index is 12.3. The van der Waals surface area contributed by atoms with Crippen molar-refractivity contribution in [3.63, 3.8) is 0 Å². The Bertz CT molecular complexity index is 384. The molecule has 0 aromatic rings. The lowest BCUT2D eigenvalue weighted by Crippen LogP contribution is -2.53. The first kappa shape index (κ1) is 14.4. The van der Waals surface area contributed by atoms with Gasteiger partial charge in [-0.3, -0.25) is 4.79 Å². The minimum absolute atomic E-state index is 0.119. The molecule has 0 bridgehead atoms. The highest BCUT2D eigenvalue weighted by atomic mass is 32.2. The van der Waals surface area contributed by atoms with Crippen LogP contribution in [-0.4, -0.2) is 55.9 Å². The van der Waals surface area contributed by atoms with E-state index in [4.69, 9.17) is 0 Å². The third kappa shape index (κ3) is 2.80. The van der Waals surface area contributed by atoms with Crippen LogP contribution in [0.4, 0.5) is 0 Å². The summed E-state index contributed by atoms with van der Waals surface area (Å²) in [7, 11) is -3.40. The van der Waals surface area contributed by atoms with Crippen LogP contribution in [0.5, 0.6) is 0 Å². The van der Waals surface area contributed by atoms with Gasteiger partial charge in [-0.25, -0.2) is 8.42 Å².